The number of hydrogen-bond donors (Lipinski definition) is 1. The van der Waals surface area contributed by atoms with Crippen LogP contribution in [0.25, 0.3) is 16.9 Å². The summed E-state index contributed by atoms with van der Waals surface area (Å²) in [5.41, 5.74) is 9.98. The van der Waals surface area contributed by atoms with E-state index >= 15 is 0 Å². The van der Waals surface area contributed by atoms with E-state index in [2.05, 4.69) is 6.07 Å². The number of aromatic nitrogens is 2. The lowest BCUT2D eigenvalue weighted by atomic mass is 9.71. The van der Waals surface area contributed by atoms with Crippen molar-refractivity contribution in [1.29, 1.82) is 5.26 Å². The number of carbonyl (C=O) groups is 1. The van der Waals surface area contributed by atoms with Gasteiger partial charge in [0, 0.05) is 24.0 Å². The van der Waals surface area contributed by atoms with E-state index in [1.165, 1.54) is 0 Å². The molecule has 2 heterocycles. The summed E-state index contributed by atoms with van der Waals surface area (Å²) in [6, 6.07) is 23.7. The SMILES string of the molecule is CC1(C)CC(=O)C2=C(C1)OC(N)=C(C#N)C2c1cc(-c2ccccc2)nn1-c1ccccc1. The Morgan fingerprint density at radius 3 is 2.42 bits per heavy atom. The van der Waals surface area contributed by atoms with Crippen LogP contribution >= 0.6 is 0 Å². The smallest absolute Gasteiger partial charge is 0.205 e. The van der Waals surface area contributed by atoms with Crippen molar-refractivity contribution in [2.75, 3.05) is 0 Å². The molecule has 1 aliphatic carbocycles. The summed E-state index contributed by atoms with van der Waals surface area (Å²) in [6.45, 7) is 4.07. The van der Waals surface area contributed by atoms with Gasteiger partial charge in [-0.3, -0.25) is 4.79 Å². The number of allylic oxidation sites excluding steroid dienone is 3. The molecule has 2 aliphatic rings. The maximum atomic E-state index is 13.4. The zero-order valence-corrected chi connectivity index (χ0v) is 18.6. The predicted molar refractivity (Wildman–Crippen MR) is 125 cm³/mol. The molecule has 3 aromatic rings. The lowest BCUT2D eigenvalue weighted by molar-refractivity contribution is -0.119. The third kappa shape index (κ3) is 3.62. The zero-order chi connectivity index (χ0) is 23.2. The number of benzene rings is 2. The lowest BCUT2D eigenvalue weighted by Gasteiger charge is -2.37. The minimum atomic E-state index is -0.646. The van der Waals surface area contributed by atoms with Gasteiger partial charge in [0.25, 0.3) is 0 Å². The van der Waals surface area contributed by atoms with Crippen molar-refractivity contribution in [2.45, 2.75) is 32.6 Å². The number of nitrogens with zero attached hydrogens (tertiary/aromatic N) is 3. The molecule has 164 valence electrons. The Morgan fingerprint density at radius 2 is 1.76 bits per heavy atom. The maximum Gasteiger partial charge on any atom is 0.205 e. The number of carbonyl (C=O) groups excluding carboxylic acids is 1. The second-order valence-corrected chi connectivity index (χ2v) is 9.27. The quantitative estimate of drug-likeness (QED) is 0.624. The Bertz CT molecular complexity index is 1340. The average Bonchev–Trinajstić information content (AvgIpc) is 3.24. The van der Waals surface area contributed by atoms with Crippen molar-refractivity contribution >= 4 is 5.78 Å². The molecule has 0 saturated carbocycles. The molecular weight excluding hydrogens is 412 g/mol. The van der Waals surface area contributed by atoms with Crippen molar-refractivity contribution in [1.82, 2.24) is 9.78 Å². The summed E-state index contributed by atoms with van der Waals surface area (Å²) in [4.78, 5) is 13.4. The fourth-order valence-electron chi connectivity index (χ4n) is 4.71. The van der Waals surface area contributed by atoms with Gasteiger partial charge in [-0.15, -0.1) is 0 Å². The Kier molecular flexibility index (Phi) is 4.90. The van der Waals surface area contributed by atoms with Gasteiger partial charge in [0.1, 0.15) is 17.4 Å². The molecule has 33 heavy (non-hydrogen) atoms. The Hall–Kier alpha value is -4.11. The molecule has 6 nitrogen and oxygen atoms in total. The van der Waals surface area contributed by atoms with E-state index in [0.29, 0.717) is 29.9 Å². The van der Waals surface area contributed by atoms with Crippen LogP contribution in [0.3, 0.4) is 0 Å². The van der Waals surface area contributed by atoms with E-state index in [9.17, 15) is 10.1 Å². The minimum Gasteiger partial charge on any atom is -0.444 e. The summed E-state index contributed by atoms with van der Waals surface area (Å²) in [6.07, 6.45) is 0.963. The molecule has 0 radical (unpaired) electrons. The molecule has 1 aliphatic heterocycles. The Balaban J connectivity index is 1.76. The van der Waals surface area contributed by atoms with Gasteiger partial charge in [-0.05, 0) is 23.6 Å². The summed E-state index contributed by atoms with van der Waals surface area (Å²) in [7, 11) is 0. The van der Waals surface area contributed by atoms with Crippen molar-refractivity contribution in [3.8, 4) is 23.0 Å². The van der Waals surface area contributed by atoms with Crippen LogP contribution in [0.15, 0.2) is 89.5 Å². The second kappa shape index (κ2) is 7.79. The first-order valence-electron chi connectivity index (χ1n) is 10.9. The number of ether oxygens (including phenoxy) is 1. The van der Waals surface area contributed by atoms with Crippen molar-refractivity contribution < 1.29 is 9.53 Å². The molecule has 0 saturated heterocycles. The van der Waals surface area contributed by atoms with Gasteiger partial charge >= 0.3 is 0 Å². The Labute approximate surface area is 192 Å². The topological polar surface area (TPSA) is 93.9 Å². The fourth-order valence-corrected chi connectivity index (χ4v) is 4.71. The number of para-hydroxylation sites is 1. The summed E-state index contributed by atoms with van der Waals surface area (Å²) in [5, 5.41) is 14.9. The van der Waals surface area contributed by atoms with Crippen LogP contribution in [0.1, 0.15) is 38.3 Å². The predicted octanol–water partition coefficient (Wildman–Crippen LogP) is 4.99. The molecule has 1 unspecified atom stereocenters. The largest absolute Gasteiger partial charge is 0.444 e. The van der Waals surface area contributed by atoms with Gasteiger partial charge in [-0.25, -0.2) is 4.68 Å². The molecule has 5 rings (SSSR count). The van der Waals surface area contributed by atoms with Crippen LogP contribution in [0.2, 0.25) is 0 Å². The van der Waals surface area contributed by atoms with Crippen LogP contribution in [0, 0.1) is 16.7 Å². The highest BCUT2D eigenvalue weighted by molar-refractivity contribution is 6.00. The van der Waals surface area contributed by atoms with Crippen LogP contribution in [-0.4, -0.2) is 15.6 Å². The van der Waals surface area contributed by atoms with Crippen LogP contribution < -0.4 is 5.73 Å². The van der Waals surface area contributed by atoms with E-state index in [-0.39, 0.29) is 22.7 Å². The highest BCUT2D eigenvalue weighted by Crippen LogP contribution is 2.48. The molecule has 1 atom stereocenters. The van der Waals surface area contributed by atoms with E-state index in [0.717, 1.165) is 16.9 Å². The van der Waals surface area contributed by atoms with Crippen molar-refractivity contribution in [3.05, 3.63) is 95.2 Å². The minimum absolute atomic E-state index is 0.0198. The number of Topliss-reactive ketones (excluding diaryl/α,β-unsaturated/α-hetero) is 1. The molecule has 0 spiro atoms. The molecule has 0 amide bonds. The van der Waals surface area contributed by atoms with E-state index in [1.807, 2.05) is 80.6 Å². The summed E-state index contributed by atoms with van der Waals surface area (Å²) >= 11 is 0. The first kappa shape index (κ1) is 20.8. The maximum absolute atomic E-state index is 13.4. The fraction of sp³-hybridized carbons (Fsp3) is 0.222. The molecule has 1 aromatic heterocycles. The van der Waals surface area contributed by atoms with Gasteiger partial charge in [0.15, 0.2) is 5.78 Å². The summed E-state index contributed by atoms with van der Waals surface area (Å²) < 4.78 is 7.66. The van der Waals surface area contributed by atoms with Crippen LogP contribution in [-0.2, 0) is 9.53 Å². The zero-order valence-electron chi connectivity index (χ0n) is 18.6. The first-order valence-corrected chi connectivity index (χ1v) is 10.9. The van der Waals surface area contributed by atoms with Gasteiger partial charge in [0.2, 0.25) is 5.88 Å². The highest BCUT2D eigenvalue weighted by atomic mass is 16.5. The van der Waals surface area contributed by atoms with E-state index < -0.39 is 5.92 Å². The molecule has 6 heteroatoms. The first-order chi connectivity index (χ1) is 15.9. The van der Waals surface area contributed by atoms with Crippen LogP contribution in [0.4, 0.5) is 0 Å². The standard InChI is InChI=1S/C27H24N4O2/c1-27(2)14-22(32)25-23(15-27)33-26(29)19(16-28)24(25)21-13-20(17-9-5-3-6-10-17)30-31(21)18-11-7-4-8-12-18/h3-13,24H,14-15,29H2,1-2H3. The van der Waals surface area contributed by atoms with Crippen molar-refractivity contribution in [2.24, 2.45) is 11.1 Å². The van der Waals surface area contributed by atoms with Gasteiger partial charge in [-0.1, -0.05) is 62.4 Å². The van der Waals surface area contributed by atoms with Gasteiger partial charge in [-0.2, -0.15) is 10.4 Å². The summed E-state index contributed by atoms with van der Waals surface area (Å²) in [5.74, 6) is -0.0604. The van der Waals surface area contributed by atoms with Crippen LogP contribution in [0.5, 0.6) is 0 Å². The lowest BCUT2D eigenvalue weighted by Crippen LogP contribution is -2.34. The molecule has 2 aromatic carbocycles. The number of ketones is 1. The van der Waals surface area contributed by atoms with Crippen molar-refractivity contribution in [3.63, 3.8) is 0 Å². The molecular formula is C27H24N4O2. The van der Waals surface area contributed by atoms with E-state index in [1.54, 1.807) is 4.68 Å². The monoisotopic (exact) mass is 436 g/mol. The highest BCUT2D eigenvalue weighted by Gasteiger charge is 2.44. The molecule has 0 fully saturated rings. The molecule has 2 N–H and O–H groups in total. The number of nitrogens with two attached hydrogens (primary N) is 1. The Morgan fingerprint density at radius 1 is 1.09 bits per heavy atom. The second-order valence-electron chi connectivity index (χ2n) is 9.27. The number of nitriles is 1. The third-order valence-electron chi connectivity index (χ3n) is 6.18. The van der Waals surface area contributed by atoms with Gasteiger partial charge in [0.05, 0.1) is 23.0 Å². The average molecular weight is 437 g/mol. The van der Waals surface area contributed by atoms with E-state index in [4.69, 9.17) is 15.6 Å². The number of hydrogen-bond acceptors (Lipinski definition) is 5. The third-order valence-corrected chi connectivity index (χ3v) is 6.18. The molecule has 0 bridgehead atoms. The number of rotatable bonds is 3. The normalized spacial score (nSPS) is 19.7. The van der Waals surface area contributed by atoms with Gasteiger partial charge < -0.3 is 10.5 Å².